The second-order valence-corrected chi connectivity index (χ2v) is 33.8. The largest absolute Gasteiger partial charge is 0.456 e. The maximum atomic E-state index is 6.45. The van der Waals surface area contributed by atoms with E-state index in [9.17, 15) is 0 Å². The fraction of sp³-hybridized carbons (Fsp3) is 0. The maximum Gasteiger partial charge on any atom is 0.164 e. The van der Waals surface area contributed by atoms with Gasteiger partial charge in [-0.05, 0) is 192 Å². The summed E-state index contributed by atoms with van der Waals surface area (Å²) in [7, 11) is 0. The van der Waals surface area contributed by atoms with E-state index in [0.717, 1.165) is 199 Å². The van der Waals surface area contributed by atoms with Crippen LogP contribution >= 0.6 is 11.3 Å². The molecule has 0 fully saturated rings. The zero-order chi connectivity index (χ0) is 83.8. The van der Waals surface area contributed by atoms with Gasteiger partial charge in [-0.3, -0.25) is 0 Å². The summed E-state index contributed by atoms with van der Waals surface area (Å²) < 4.78 is 39.0. The van der Waals surface area contributed by atoms with E-state index in [4.69, 9.17) is 52.0 Å². The van der Waals surface area contributed by atoms with E-state index in [0.29, 0.717) is 34.9 Å². The van der Waals surface area contributed by atoms with Crippen molar-refractivity contribution in [2.45, 2.75) is 0 Å². The highest BCUT2D eigenvalue weighted by Crippen LogP contribution is 2.47. The van der Waals surface area contributed by atoms with E-state index in [1.807, 2.05) is 181 Å². The smallest absolute Gasteiger partial charge is 0.164 e. The third-order valence-electron chi connectivity index (χ3n) is 25.3. The molecule has 0 aliphatic heterocycles. The van der Waals surface area contributed by atoms with Crippen molar-refractivity contribution in [2.24, 2.45) is 0 Å². The number of hydrogen-bond acceptors (Lipinski definition) is 12. The molecule has 596 valence electrons. The Morgan fingerprint density at radius 1 is 0.156 bits per heavy atom. The van der Waals surface area contributed by atoms with Crippen molar-refractivity contribution >= 4 is 185 Å². The zero-order valence-electron chi connectivity index (χ0n) is 68.0. The second kappa shape index (κ2) is 28.2. The Bertz CT molecular complexity index is 8830. The molecule has 0 amide bonds. The van der Waals surface area contributed by atoms with Gasteiger partial charge in [0, 0.05) is 140 Å². The van der Waals surface area contributed by atoms with Gasteiger partial charge in [-0.25, -0.2) is 29.9 Å². The van der Waals surface area contributed by atoms with Crippen molar-refractivity contribution in [3.05, 3.63) is 388 Å². The molecule has 28 aromatic rings. The topological polar surface area (TPSA) is 153 Å². The van der Waals surface area contributed by atoms with Crippen LogP contribution in [0.4, 0.5) is 0 Å². The Morgan fingerprint density at radius 3 is 0.828 bits per heavy atom. The number of thiophene rings is 1. The van der Waals surface area contributed by atoms with Crippen molar-refractivity contribution in [2.75, 3.05) is 0 Å². The minimum absolute atomic E-state index is 0.599. The molecule has 0 saturated carbocycles. The first-order valence-corrected chi connectivity index (χ1v) is 43.5. The predicted octanol–water partition coefficient (Wildman–Crippen LogP) is 31.1. The minimum Gasteiger partial charge on any atom is -0.456 e. The van der Waals surface area contributed by atoms with Crippen LogP contribution < -0.4 is 0 Å². The lowest BCUT2D eigenvalue weighted by Crippen LogP contribution is -2.00. The van der Waals surface area contributed by atoms with Gasteiger partial charge in [-0.1, -0.05) is 218 Å². The molecule has 10 aromatic heterocycles. The Morgan fingerprint density at radius 2 is 0.406 bits per heavy atom. The SMILES string of the molecule is c1ccc(-c2nc(-c3ccccc3)nc(-c3ccc4oc5ccc(-n6c7ccccc7c7cc(-c8ccc9oc%10cc%11c(cc%10c9c8)oc8ccccc8%11)ccc76)cc5c4c3)n2)cc1.c1ccc(-c2nc(-c3ccccc3)nc(-c3ccc4sc5ccc(-n6c7ccccc7c7cc(-c8ccc9oc%10cc%11c(cc%10c9c8)oc8ccccc8%11)ccc76)cc5c4c3)n2)cc1. The molecule has 14 heteroatoms. The molecule has 0 radical (unpaired) electrons. The summed E-state index contributed by atoms with van der Waals surface area (Å²) in [6, 6.07) is 135. The average molecular weight is 1660 g/mol. The number of benzene rings is 18. The van der Waals surface area contributed by atoms with Gasteiger partial charge in [0.2, 0.25) is 0 Å². The minimum atomic E-state index is 0.599. The first-order valence-electron chi connectivity index (χ1n) is 42.6. The van der Waals surface area contributed by atoms with Crippen molar-refractivity contribution in [1.82, 2.24) is 39.0 Å². The molecule has 18 aromatic carbocycles. The lowest BCUT2D eigenvalue weighted by Gasteiger charge is -2.10. The van der Waals surface area contributed by atoms with E-state index >= 15 is 0 Å². The summed E-state index contributed by atoms with van der Waals surface area (Å²) in [6.07, 6.45) is 0. The third kappa shape index (κ3) is 11.6. The number of hydrogen-bond donors (Lipinski definition) is 0. The number of para-hydroxylation sites is 4. The molecule has 0 unspecified atom stereocenters. The highest BCUT2D eigenvalue weighted by Gasteiger charge is 2.24. The first-order chi connectivity index (χ1) is 63.3. The monoisotopic (exact) mass is 1660 g/mol. The number of fused-ring (bicyclic) bond motifs is 24. The molecule has 128 heavy (non-hydrogen) atoms. The molecule has 0 aliphatic rings. The highest BCUT2D eigenvalue weighted by molar-refractivity contribution is 7.25. The molecule has 0 spiro atoms. The number of nitrogens with zero attached hydrogens (tertiary/aromatic N) is 8. The van der Waals surface area contributed by atoms with E-state index in [1.54, 1.807) is 0 Å². The zero-order valence-corrected chi connectivity index (χ0v) is 68.8. The van der Waals surface area contributed by atoms with Crippen molar-refractivity contribution < 1.29 is 22.1 Å². The molecule has 0 atom stereocenters. The molecule has 28 rings (SSSR count). The van der Waals surface area contributed by atoms with Crippen LogP contribution in [0.25, 0.3) is 275 Å². The van der Waals surface area contributed by atoms with Crippen LogP contribution in [0.3, 0.4) is 0 Å². The van der Waals surface area contributed by atoms with Gasteiger partial charge in [0.1, 0.15) is 55.8 Å². The Hall–Kier alpha value is -17.2. The van der Waals surface area contributed by atoms with Gasteiger partial charge in [0.05, 0.1) is 22.1 Å². The molecule has 13 nitrogen and oxygen atoms in total. The fourth-order valence-corrected chi connectivity index (χ4v) is 20.2. The fourth-order valence-electron chi connectivity index (χ4n) is 19.2. The van der Waals surface area contributed by atoms with Crippen molar-refractivity contribution in [1.29, 1.82) is 0 Å². The summed E-state index contributed by atoms with van der Waals surface area (Å²) in [5.74, 6) is 3.79. The summed E-state index contributed by atoms with van der Waals surface area (Å²) >= 11 is 1.81. The summed E-state index contributed by atoms with van der Waals surface area (Å²) in [4.78, 5) is 29.9. The van der Waals surface area contributed by atoms with Gasteiger partial charge in [-0.15, -0.1) is 11.3 Å². The summed E-state index contributed by atoms with van der Waals surface area (Å²) in [6.45, 7) is 0. The van der Waals surface area contributed by atoms with E-state index in [2.05, 4.69) is 228 Å². The molecule has 0 saturated heterocycles. The van der Waals surface area contributed by atoms with Gasteiger partial charge in [0.15, 0.2) is 34.9 Å². The molecular formula is C114H64N8O5S. The van der Waals surface area contributed by atoms with E-state index < -0.39 is 0 Å². The Balaban J connectivity index is 0.000000132. The van der Waals surface area contributed by atoms with Crippen LogP contribution in [0, 0.1) is 0 Å². The van der Waals surface area contributed by atoms with Crippen molar-refractivity contribution in [3.8, 4) is 102 Å². The van der Waals surface area contributed by atoms with Crippen LogP contribution in [0.2, 0.25) is 0 Å². The molecule has 0 aliphatic carbocycles. The standard InChI is InChI=1S/C57H32N4O3.C57H32N4O2S/c1-3-11-33(12-4-1)55-58-56(34-13-5-2-6-14-34)60-57(59-55)37-21-25-50-43(29-37)44-30-38(22-26-52(44)62-50)61-47-17-9-7-15-39(47)41-27-35(19-23-48(41)61)36-20-24-51-42(28-36)46-32-53-45(31-54(46)64-51)40-16-8-10-18-49(40)63-53;1-3-11-33(12-4-1)55-58-56(34-13-5-2-6-14-34)60-57(59-55)37-21-25-53-45(29-37)46-30-38(22-26-54(46)64-53)61-47-17-9-7-15-39(47)41-27-35(19-23-48(41)61)36-20-24-50-42(28-36)44-32-51-43(31-52(44)63-50)40-16-8-10-18-49(40)62-51/h2*1-32H. The van der Waals surface area contributed by atoms with Crippen LogP contribution in [0.15, 0.2) is 410 Å². The molecule has 0 N–H and O–H groups in total. The van der Waals surface area contributed by atoms with Gasteiger partial charge in [0.25, 0.3) is 0 Å². The predicted molar refractivity (Wildman–Crippen MR) is 521 cm³/mol. The highest BCUT2D eigenvalue weighted by atomic mass is 32.1. The molecule has 10 heterocycles. The van der Waals surface area contributed by atoms with Gasteiger partial charge < -0.3 is 31.2 Å². The Kier molecular flexibility index (Phi) is 15.7. The van der Waals surface area contributed by atoms with Gasteiger partial charge in [-0.2, -0.15) is 0 Å². The quantitative estimate of drug-likeness (QED) is 0.129. The molecule has 0 bridgehead atoms. The lowest BCUT2D eigenvalue weighted by molar-refractivity contribution is 0.664. The average Bonchev–Trinajstić information content (AvgIpc) is 1.59. The second-order valence-electron chi connectivity index (χ2n) is 32.7. The van der Waals surface area contributed by atoms with Crippen LogP contribution in [0.1, 0.15) is 0 Å². The maximum absolute atomic E-state index is 6.45. The Labute approximate surface area is 731 Å². The summed E-state index contributed by atoms with van der Waals surface area (Å²) in [5.41, 5.74) is 25.3. The third-order valence-corrected chi connectivity index (χ3v) is 26.4. The van der Waals surface area contributed by atoms with E-state index in [1.165, 1.54) is 41.7 Å². The van der Waals surface area contributed by atoms with Crippen LogP contribution in [0.5, 0.6) is 0 Å². The van der Waals surface area contributed by atoms with E-state index in [-0.39, 0.29) is 0 Å². The van der Waals surface area contributed by atoms with Crippen molar-refractivity contribution in [3.63, 3.8) is 0 Å². The number of aromatic nitrogens is 8. The normalized spacial score (nSPS) is 12.1. The number of rotatable bonds is 10. The first kappa shape index (κ1) is 71.4. The molecular weight excluding hydrogens is 1590 g/mol. The lowest BCUT2D eigenvalue weighted by atomic mass is 10.0. The summed E-state index contributed by atoms with van der Waals surface area (Å²) in [5, 5.41) is 17.7. The van der Waals surface area contributed by atoms with Gasteiger partial charge >= 0.3 is 0 Å². The number of furan rings is 5. The van der Waals surface area contributed by atoms with Crippen LogP contribution in [-0.2, 0) is 0 Å². The van der Waals surface area contributed by atoms with Crippen LogP contribution in [-0.4, -0.2) is 39.0 Å².